The van der Waals surface area contributed by atoms with E-state index >= 15 is 0 Å². The van der Waals surface area contributed by atoms with Crippen LogP contribution in [0, 0.1) is 24.0 Å². The lowest BCUT2D eigenvalue weighted by molar-refractivity contribution is -0.384. The molecule has 0 saturated carbocycles. The van der Waals surface area contributed by atoms with Gasteiger partial charge in [-0.25, -0.2) is 4.79 Å². The van der Waals surface area contributed by atoms with Gasteiger partial charge in [0.1, 0.15) is 4.88 Å². The maximum Gasteiger partial charge on any atom is 0.350 e. The Bertz CT molecular complexity index is 796. The second kappa shape index (κ2) is 7.22. The molecule has 1 aromatic carbocycles. The summed E-state index contributed by atoms with van der Waals surface area (Å²) in [5, 5.41) is 13.4. The summed E-state index contributed by atoms with van der Waals surface area (Å²) in [6.07, 6.45) is 0. The molecular weight excluding hydrogens is 332 g/mol. The molecule has 1 amide bonds. The summed E-state index contributed by atoms with van der Waals surface area (Å²) in [6.45, 7) is 5.61. The lowest BCUT2D eigenvalue weighted by Crippen LogP contribution is -2.15. The van der Waals surface area contributed by atoms with Gasteiger partial charge < -0.3 is 10.1 Å². The summed E-state index contributed by atoms with van der Waals surface area (Å²) in [7, 11) is 0. The minimum atomic E-state index is -0.535. The molecule has 7 nitrogen and oxygen atoms in total. The topological polar surface area (TPSA) is 98.5 Å². The summed E-state index contributed by atoms with van der Waals surface area (Å²) in [5.41, 5.74) is 1.37. The van der Waals surface area contributed by atoms with Crippen LogP contribution in [0.1, 0.15) is 37.4 Å². The molecule has 2 aromatic rings. The maximum atomic E-state index is 12.4. The zero-order valence-corrected chi connectivity index (χ0v) is 14.2. The Balaban J connectivity index is 2.28. The first kappa shape index (κ1) is 17.6. The fourth-order valence-electron chi connectivity index (χ4n) is 2.04. The third-order valence-electron chi connectivity index (χ3n) is 3.42. The molecular formula is C16H16N2O5S. The van der Waals surface area contributed by atoms with E-state index in [0.29, 0.717) is 10.6 Å². The van der Waals surface area contributed by atoms with Crippen LogP contribution in [-0.2, 0) is 4.74 Å². The molecule has 0 bridgehead atoms. The van der Waals surface area contributed by atoms with Gasteiger partial charge >= 0.3 is 5.97 Å². The van der Waals surface area contributed by atoms with Gasteiger partial charge in [-0.05, 0) is 38.5 Å². The van der Waals surface area contributed by atoms with Crippen molar-refractivity contribution >= 4 is 34.6 Å². The fraction of sp³-hybridized carbons (Fsp3) is 0.250. The zero-order valence-electron chi connectivity index (χ0n) is 13.4. The van der Waals surface area contributed by atoms with Crippen molar-refractivity contribution in [3.63, 3.8) is 0 Å². The van der Waals surface area contributed by atoms with E-state index in [4.69, 9.17) is 4.74 Å². The van der Waals surface area contributed by atoms with Crippen molar-refractivity contribution in [2.45, 2.75) is 20.8 Å². The van der Waals surface area contributed by atoms with Crippen molar-refractivity contribution < 1.29 is 19.2 Å². The first-order valence-corrected chi connectivity index (χ1v) is 7.99. The molecule has 126 valence electrons. The monoisotopic (exact) mass is 348 g/mol. The predicted molar refractivity (Wildman–Crippen MR) is 90.8 cm³/mol. The number of nitro groups is 1. The number of anilines is 1. The van der Waals surface area contributed by atoms with Gasteiger partial charge in [0, 0.05) is 22.6 Å². The standard InChI is InChI=1S/C16H16N2O5S/c1-4-23-16(20)14-13(9(2)10(3)24-14)17-15(19)11-5-7-12(8-6-11)18(21)22/h5-8H,4H2,1-3H3,(H,17,19). The Labute approximate surface area is 142 Å². The smallest absolute Gasteiger partial charge is 0.350 e. The van der Waals surface area contributed by atoms with Gasteiger partial charge in [0.25, 0.3) is 11.6 Å². The number of esters is 1. The van der Waals surface area contributed by atoms with Gasteiger partial charge in [-0.2, -0.15) is 0 Å². The minimum absolute atomic E-state index is 0.0960. The van der Waals surface area contributed by atoms with E-state index in [9.17, 15) is 19.7 Å². The molecule has 8 heteroatoms. The van der Waals surface area contributed by atoms with Gasteiger partial charge in [-0.15, -0.1) is 11.3 Å². The normalized spacial score (nSPS) is 10.3. The molecule has 0 aliphatic heterocycles. The summed E-state index contributed by atoms with van der Waals surface area (Å²) in [5.74, 6) is -0.936. The largest absolute Gasteiger partial charge is 0.462 e. The molecule has 0 spiro atoms. The highest BCUT2D eigenvalue weighted by molar-refractivity contribution is 7.14. The van der Waals surface area contributed by atoms with Crippen LogP contribution in [0.15, 0.2) is 24.3 Å². The third kappa shape index (κ3) is 3.60. The highest BCUT2D eigenvalue weighted by atomic mass is 32.1. The van der Waals surface area contributed by atoms with Crippen LogP contribution in [-0.4, -0.2) is 23.4 Å². The molecule has 0 saturated heterocycles. The lowest BCUT2D eigenvalue weighted by Gasteiger charge is -2.08. The number of rotatable bonds is 5. The van der Waals surface area contributed by atoms with E-state index in [2.05, 4.69) is 5.32 Å². The van der Waals surface area contributed by atoms with Gasteiger partial charge in [0.15, 0.2) is 0 Å². The summed E-state index contributed by atoms with van der Waals surface area (Å²) in [6, 6.07) is 5.25. The van der Waals surface area contributed by atoms with Crippen LogP contribution in [0.25, 0.3) is 0 Å². The van der Waals surface area contributed by atoms with Crippen LogP contribution in [0.3, 0.4) is 0 Å². The van der Waals surface area contributed by atoms with E-state index < -0.39 is 16.8 Å². The molecule has 1 heterocycles. The minimum Gasteiger partial charge on any atom is -0.462 e. The number of nitrogens with zero attached hydrogens (tertiary/aromatic N) is 1. The van der Waals surface area contributed by atoms with Crippen LogP contribution in [0.5, 0.6) is 0 Å². The van der Waals surface area contributed by atoms with E-state index in [1.807, 2.05) is 6.92 Å². The number of carbonyl (C=O) groups excluding carboxylic acids is 2. The molecule has 0 atom stereocenters. The third-order valence-corrected chi connectivity index (χ3v) is 4.61. The fourth-order valence-corrected chi connectivity index (χ4v) is 3.05. The van der Waals surface area contributed by atoms with Gasteiger partial charge in [0.2, 0.25) is 0 Å². The average Bonchev–Trinajstić information content (AvgIpc) is 2.83. The number of thiophene rings is 1. The molecule has 2 rings (SSSR count). The van der Waals surface area contributed by atoms with Crippen molar-refractivity contribution in [1.29, 1.82) is 0 Å². The second-order valence-electron chi connectivity index (χ2n) is 4.97. The first-order valence-electron chi connectivity index (χ1n) is 7.18. The molecule has 0 fully saturated rings. The van der Waals surface area contributed by atoms with Crippen LogP contribution < -0.4 is 5.32 Å². The number of aryl methyl sites for hydroxylation is 1. The number of carbonyl (C=O) groups is 2. The van der Waals surface area contributed by atoms with Crippen molar-refractivity contribution in [3.8, 4) is 0 Å². The highest BCUT2D eigenvalue weighted by Crippen LogP contribution is 2.33. The lowest BCUT2D eigenvalue weighted by atomic mass is 10.1. The quantitative estimate of drug-likeness (QED) is 0.504. The zero-order chi connectivity index (χ0) is 17.9. The molecule has 0 unspecified atom stereocenters. The Kier molecular flexibility index (Phi) is 5.30. The molecule has 1 aromatic heterocycles. The molecule has 0 aliphatic carbocycles. The van der Waals surface area contributed by atoms with Crippen molar-refractivity contribution in [1.82, 2.24) is 0 Å². The Hall–Kier alpha value is -2.74. The van der Waals surface area contributed by atoms with Gasteiger partial charge in [-0.1, -0.05) is 0 Å². The number of nitro benzene ring substituents is 1. The second-order valence-corrected chi connectivity index (χ2v) is 6.19. The number of benzene rings is 1. The summed E-state index contributed by atoms with van der Waals surface area (Å²) < 4.78 is 5.01. The predicted octanol–water partition coefficient (Wildman–Crippen LogP) is 3.70. The van der Waals surface area contributed by atoms with E-state index in [-0.39, 0.29) is 17.9 Å². The molecule has 0 radical (unpaired) electrons. The van der Waals surface area contributed by atoms with E-state index in [1.54, 1.807) is 13.8 Å². The van der Waals surface area contributed by atoms with Crippen molar-refractivity contribution in [3.05, 3.63) is 55.3 Å². The van der Waals surface area contributed by atoms with Gasteiger partial charge in [-0.3, -0.25) is 14.9 Å². The molecule has 24 heavy (non-hydrogen) atoms. The average molecular weight is 348 g/mol. The number of ether oxygens (including phenoxy) is 1. The number of non-ortho nitro benzene ring substituents is 1. The van der Waals surface area contributed by atoms with E-state index in [1.165, 1.54) is 35.6 Å². The number of hydrogen-bond acceptors (Lipinski definition) is 6. The van der Waals surface area contributed by atoms with Crippen LogP contribution in [0.4, 0.5) is 11.4 Å². The Morgan fingerprint density at radius 2 is 1.88 bits per heavy atom. The van der Waals surface area contributed by atoms with Crippen LogP contribution in [0.2, 0.25) is 0 Å². The molecule has 0 aliphatic rings. The summed E-state index contributed by atoms with van der Waals surface area (Å²) >= 11 is 1.25. The molecule has 1 N–H and O–H groups in total. The summed E-state index contributed by atoms with van der Waals surface area (Å²) in [4.78, 5) is 35.7. The first-order chi connectivity index (χ1) is 11.3. The van der Waals surface area contributed by atoms with Gasteiger partial charge in [0.05, 0.1) is 17.2 Å². The highest BCUT2D eigenvalue weighted by Gasteiger charge is 2.22. The Morgan fingerprint density at radius 3 is 2.42 bits per heavy atom. The van der Waals surface area contributed by atoms with Crippen molar-refractivity contribution in [2.75, 3.05) is 11.9 Å². The number of nitrogens with one attached hydrogen (secondary N) is 1. The Morgan fingerprint density at radius 1 is 1.25 bits per heavy atom. The maximum absolute atomic E-state index is 12.4. The van der Waals surface area contributed by atoms with Crippen molar-refractivity contribution in [2.24, 2.45) is 0 Å². The number of hydrogen-bond donors (Lipinski definition) is 1. The number of amides is 1. The van der Waals surface area contributed by atoms with E-state index in [0.717, 1.165) is 10.4 Å². The SMILES string of the molecule is CCOC(=O)c1sc(C)c(C)c1NC(=O)c1ccc([N+](=O)[O-])cc1. The van der Waals surface area contributed by atoms with Crippen LogP contribution >= 0.6 is 11.3 Å².